The minimum Gasteiger partial charge on any atom is -0.392 e. The van der Waals surface area contributed by atoms with Gasteiger partial charge in [0.05, 0.1) is 13.2 Å². The molecule has 0 spiro atoms. The predicted molar refractivity (Wildman–Crippen MR) is 66.1 cm³/mol. The smallest absolute Gasteiger partial charge is 0.392 e. The monoisotopic (exact) mass is 283 g/mol. The Morgan fingerprint density at radius 1 is 1.45 bits per heavy atom. The number of carbonyl (C=O) groups excluding carboxylic acids is 1. The standard InChI is InChI=1S/C12H17N3O5/c16-10(12(18)3-6-19-7-12)15-4-1-8(2-5-15)9-13-14-11(17)20-9/h8,18H,1-7H2,(H,14,17). The van der Waals surface area contributed by atoms with Gasteiger partial charge in [-0.3, -0.25) is 4.79 Å². The molecule has 8 nitrogen and oxygen atoms in total. The molecule has 1 amide bonds. The zero-order valence-electron chi connectivity index (χ0n) is 11.0. The summed E-state index contributed by atoms with van der Waals surface area (Å²) >= 11 is 0. The van der Waals surface area contributed by atoms with Crippen molar-refractivity contribution in [2.45, 2.75) is 30.8 Å². The number of rotatable bonds is 2. The quantitative estimate of drug-likeness (QED) is 0.737. The Labute approximate surface area is 114 Å². The maximum absolute atomic E-state index is 12.3. The molecule has 0 aromatic carbocycles. The average Bonchev–Trinajstić information content (AvgIpc) is 3.08. The molecular formula is C12H17N3O5. The van der Waals surface area contributed by atoms with E-state index in [-0.39, 0.29) is 18.4 Å². The van der Waals surface area contributed by atoms with Crippen molar-refractivity contribution in [3.8, 4) is 0 Å². The Hall–Kier alpha value is -1.67. The fraction of sp³-hybridized carbons (Fsp3) is 0.750. The number of nitrogens with one attached hydrogen (secondary N) is 1. The van der Waals surface area contributed by atoms with Gasteiger partial charge >= 0.3 is 5.76 Å². The highest BCUT2D eigenvalue weighted by Crippen LogP contribution is 2.28. The normalized spacial score (nSPS) is 27.9. The maximum atomic E-state index is 12.3. The first-order valence-electron chi connectivity index (χ1n) is 6.73. The summed E-state index contributed by atoms with van der Waals surface area (Å²) in [7, 11) is 0. The van der Waals surface area contributed by atoms with Crippen molar-refractivity contribution >= 4 is 5.91 Å². The largest absolute Gasteiger partial charge is 0.434 e. The Bertz CT molecular complexity index is 537. The molecule has 0 saturated carbocycles. The van der Waals surface area contributed by atoms with E-state index < -0.39 is 11.4 Å². The van der Waals surface area contributed by atoms with Crippen molar-refractivity contribution in [2.75, 3.05) is 26.3 Å². The SMILES string of the molecule is O=C(N1CCC(c2n[nH]c(=O)o2)CC1)C1(O)CCOC1. The van der Waals surface area contributed by atoms with E-state index in [0.717, 1.165) is 0 Å². The lowest BCUT2D eigenvalue weighted by atomic mass is 9.94. The number of aromatic nitrogens is 2. The van der Waals surface area contributed by atoms with Gasteiger partial charge in [-0.25, -0.2) is 9.89 Å². The van der Waals surface area contributed by atoms with Crippen LogP contribution in [0.3, 0.4) is 0 Å². The Balaban J connectivity index is 1.61. The summed E-state index contributed by atoms with van der Waals surface area (Å²) in [4.78, 5) is 24.8. The van der Waals surface area contributed by atoms with Crippen LogP contribution in [0.25, 0.3) is 0 Å². The first kappa shape index (κ1) is 13.3. The van der Waals surface area contributed by atoms with Crippen molar-refractivity contribution in [1.29, 1.82) is 0 Å². The topological polar surface area (TPSA) is 109 Å². The molecule has 2 N–H and O–H groups in total. The molecule has 1 atom stereocenters. The van der Waals surface area contributed by atoms with Crippen LogP contribution in [-0.4, -0.2) is 58.0 Å². The molecule has 20 heavy (non-hydrogen) atoms. The Morgan fingerprint density at radius 3 is 2.75 bits per heavy atom. The molecule has 2 aliphatic heterocycles. The second-order valence-electron chi connectivity index (χ2n) is 5.35. The number of amides is 1. The number of aromatic amines is 1. The van der Waals surface area contributed by atoms with Crippen molar-refractivity contribution in [1.82, 2.24) is 15.1 Å². The lowest BCUT2D eigenvalue weighted by molar-refractivity contribution is -0.152. The highest BCUT2D eigenvalue weighted by Gasteiger charge is 2.43. The fourth-order valence-electron chi connectivity index (χ4n) is 2.76. The molecular weight excluding hydrogens is 266 g/mol. The number of hydrogen-bond acceptors (Lipinski definition) is 6. The molecule has 0 radical (unpaired) electrons. The minimum absolute atomic E-state index is 0.0347. The Morgan fingerprint density at radius 2 is 2.20 bits per heavy atom. The van der Waals surface area contributed by atoms with E-state index in [1.807, 2.05) is 0 Å². The van der Waals surface area contributed by atoms with Crippen LogP contribution in [0.4, 0.5) is 0 Å². The highest BCUT2D eigenvalue weighted by molar-refractivity contribution is 5.85. The summed E-state index contributed by atoms with van der Waals surface area (Å²) in [6.07, 6.45) is 1.67. The summed E-state index contributed by atoms with van der Waals surface area (Å²) in [5, 5.41) is 16.3. The molecule has 0 aliphatic carbocycles. The summed E-state index contributed by atoms with van der Waals surface area (Å²) in [6.45, 7) is 1.52. The predicted octanol–water partition coefficient (Wildman–Crippen LogP) is -0.780. The van der Waals surface area contributed by atoms with Crippen LogP contribution < -0.4 is 5.76 Å². The van der Waals surface area contributed by atoms with Crippen LogP contribution in [0.5, 0.6) is 0 Å². The van der Waals surface area contributed by atoms with Gasteiger partial charge in [-0.2, -0.15) is 0 Å². The molecule has 2 aliphatic rings. The van der Waals surface area contributed by atoms with E-state index in [2.05, 4.69) is 10.2 Å². The molecule has 2 saturated heterocycles. The molecule has 1 aromatic heterocycles. The van der Waals surface area contributed by atoms with Crippen molar-refractivity contribution in [2.24, 2.45) is 0 Å². The zero-order chi connectivity index (χ0) is 14.2. The third kappa shape index (κ3) is 2.36. The third-order valence-corrected chi connectivity index (χ3v) is 3.98. The van der Waals surface area contributed by atoms with Crippen molar-refractivity contribution in [3.05, 3.63) is 16.4 Å². The molecule has 1 aromatic rings. The van der Waals surface area contributed by atoms with Gasteiger partial charge in [0, 0.05) is 25.4 Å². The van der Waals surface area contributed by atoms with Crippen molar-refractivity contribution < 1.29 is 19.1 Å². The molecule has 3 heterocycles. The molecule has 110 valence electrons. The van der Waals surface area contributed by atoms with E-state index in [1.165, 1.54) is 0 Å². The van der Waals surface area contributed by atoms with E-state index >= 15 is 0 Å². The molecule has 2 fully saturated rings. The van der Waals surface area contributed by atoms with Crippen LogP contribution in [0, 0.1) is 0 Å². The zero-order valence-corrected chi connectivity index (χ0v) is 11.0. The summed E-state index contributed by atoms with van der Waals surface area (Å²) < 4.78 is 10.0. The van der Waals surface area contributed by atoms with Crippen LogP contribution in [-0.2, 0) is 9.53 Å². The van der Waals surface area contributed by atoms with Gasteiger partial charge in [-0.05, 0) is 12.8 Å². The number of likely N-dealkylation sites (tertiary alicyclic amines) is 1. The average molecular weight is 283 g/mol. The molecule has 3 rings (SSSR count). The first-order chi connectivity index (χ1) is 9.58. The van der Waals surface area contributed by atoms with Gasteiger partial charge in [0.1, 0.15) is 0 Å². The number of piperidine rings is 1. The van der Waals surface area contributed by atoms with Gasteiger partial charge in [-0.1, -0.05) is 0 Å². The van der Waals surface area contributed by atoms with Crippen LogP contribution >= 0.6 is 0 Å². The van der Waals surface area contributed by atoms with Crippen LogP contribution in [0.15, 0.2) is 9.21 Å². The number of aliphatic hydroxyl groups is 1. The van der Waals surface area contributed by atoms with Crippen molar-refractivity contribution in [3.63, 3.8) is 0 Å². The fourth-order valence-corrected chi connectivity index (χ4v) is 2.76. The second-order valence-corrected chi connectivity index (χ2v) is 5.35. The maximum Gasteiger partial charge on any atom is 0.434 e. The highest BCUT2D eigenvalue weighted by atomic mass is 16.5. The minimum atomic E-state index is -1.37. The lowest BCUT2D eigenvalue weighted by Gasteiger charge is -2.34. The van der Waals surface area contributed by atoms with E-state index in [1.54, 1.807) is 4.90 Å². The number of H-pyrrole nitrogens is 1. The van der Waals surface area contributed by atoms with Crippen LogP contribution in [0.1, 0.15) is 31.1 Å². The van der Waals surface area contributed by atoms with Gasteiger partial charge in [-0.15, -0.1) is 5.10 Å². The van der Waals surface area contributed by atoms with E-state index in [9.17, 15) is 14.7 Å². The van der Waals surface area contributed by atoms with E-state index in [4.69, 9.17) is 9.15 Å². The number of nitrogens with zero attached hydrogens (tertiary/aromatic N) is 2. The van der Waals surface area contributed by atoms with Gasteiger partial charge < -0.3 is 19.2 Å². The first-order valence-corrected chi connectivity index (χ1v) is 6.73. The molecule has 0 bridgehead atoms. The van der Waals surface area contributed by atoms with E-state index in [0.29, 0.717) is 44.8 Å². The summed E-state index contributed by atoms with van der Waals surface area (Å²) in [6, 6.07) is 0. The lowest BCUT2D eigenvalue weighted by Crippen LogP contribution is -2.51. The summed E-state index contributed by atoms with van der Waals surface area (Å²) in [5.74, 6) is -0.398. The second kappa shape index (κ2) is 5.02. The van der Waals surface area contributed by atoms with Gasteiger partial charge in [0.15, 0.2) is 5.60 Å². The number of hydrogen-bond donors (Lipinski definition) is 2. The Kier molecular flexibility index (Phi) is 3.35. The number of ether oxygens (including phenoxy) is 1. The van der Waals surface area contributed by atoms with Crippen LogP contribution in [0.2, 0.25) is 0 Å². The third-order valence-electron chi connectivity index (χ3n) is 3.98. The van der Waals surface area contributed by atoms with Gasteiger partial charge in [0.25, 0.3) is 5.91 Å². The van der Waals surface area contributed by atoms with Gasteiger partial charge in [0.2, 0.25) is 5.89 Å². The molecule has 8 heteroatoms. The summed E-state index contributed by atoms with van der Waals surface area (Å²) in [5.41, 5.74) is -1.37. The number of carbonyl (C=O) groups is 1. The molecule has 1 unspecified atom stereocenters.